The molecule has 0 amide bonds. The Balaban J connectivity index is 0. The van der Waals surface area contributed by atoms with Crippen molar-refractivity contribution < 1.29 is 0 Å². The molecular formula is C10H25LiN3. The molecule has 0 unspecified atom stereocenters. The number of hydrogen-bond donors (Lipinski definition) is 3. The van der Waals surface area contributed by atoms with Crippen molar-refractivity contribution in [3.8, 4) is 0 Å². The number of unbranched alkanes of at least 4 members (excludes halogenated alkanes) is 4. The van der Waals surface area contributed by atoms with Crippen LogP contribution in [-0.2, 0) is 0 Å². The number of rotatable bonds is 10. The van der Waals surface area contributed by atoms with E-state index in [-0.39, 0.29) is 18.9 Å². The first kappa shape index (κ1) is 16.9. The third-order valence-electron chi connectivity index (χ3n) is 2.12. The van der Waals surface area contributed by atoms with Gasteiger partial charge in [0.25, 0.3) is 0 Å². The van der Waals surface area contributed by atoms with E-state index in [1.54, 1.807) is 0 Å². The Morgan fingerprint density at radius 2 is 1.07 bits per heavy atom. The summed E-state index contributed by atoms with van der Waals surface area (Å²) in [6, 6.07) is 0. The minimum atomic E-state index is 0. The second-order valence-electron chi connectivity index (χ2n) is 3.45. The predicted molar refractivity (Wildman–Crippen MR) is 64.4 cm³/mol. The van der Waals surface area contributed by atoms with Crippen LogP contribution in [0.3, 0.4) is 0 Å². The van der Waals surface area contributed by atoms with Gasteiger partial charge in [0.05, 0.1) is 0 Å². The zero-order valence-electron chi connectivity index (χ0n) is 9.73. The summed E-state index contributed by atoms with van der Waals surface area (Å²) in [5.74, 6) is 0. The quantitative estimate of drug-likeness (QED) is 0.349. The third-order valence-corrected chi connectivity index (χ3v) is 2.12. The second-order valence-corrected chi connectivity index (χ2v) is 3.45. The summed E-state index contributed by atoms with van der Waals surface area (Å²) < 4.78 is 0. The minimum absolute atomic E-state index is 0. The molecule has 0 heterocycles. The summed E-state index contributed by atoms with van der Waals surface area (Å²) in [7, 11) is 0. The smallest absolute Gasteiger partial charge is 0 e. The minimum Gasteiger partial charge on any atom is -0.330 e. The number of hydrogen-bond acceptors (Lipinski definition) is 3. The first-order valence-corrected chi connectivity index (χ1v) is 5.52. The van der Waals surface area contributed by atoms with Gasteiger partial charge in [-0.1, -0.05) is 12.8 Å². The van der Waals surface area contributed by atoms with Gasteiger partial charge in [0.1, 0.15) is 0 Å². The summed E-state index contributed by atoms with van der Waals surface area (Å²) in [6.07, 6.45) is 7.39. The first-order chi connectivity index (χ1) is 6.41. The van der Waals surface area contributed by atoms with Crippen LogP contribution in [0.15, 0.2) is 0 Å². The van der Waals surface area contributed by atoms with Crippen LogP contribution in [0, 0.1) is 0 Å². The van der Waals surface area contributed by atoms with Crippen molar-refractivity contribution in [3.05, 3.63) is 0 Å². The summed E-state index contributed by atoms with van der Waals surface area (Å²) in [5, 5.41) is 3.41. The maximum absolute atomic E-state index is 5.40. The summed E-state index contributed by atoms with van der Waals surface area (Å²) in [5.41, 5.74) is 10.8. The molecule has 0 aliphatic rings. The van der Waals surface area contributed by atoms with Crippen molar-refractivity contribution >= 4 is 18.9 Å². The maximum Gasteiger partial charge on any atom is 0 e. The van der Waals surface area contributed by atoms with E-state index in [0.29, 0.717) is 0 Å². The number of nitrogens with one attached hydrogen (secondary N) is 1. The standard InChI is InChI=1S/C10H25N3.Li/c11-7-3-1-2-5-9-13-10-6-4-8-12;/h13H,1-12H2;. The van der Waals surface area contributed by atoms with Crippen LogP contribution in [-0.4, -0.2) is 45.0 Å². The van der Waals surface area contributed by atoms with Crippen molar-refractivity contribution in [3.63, 3.8) is 0 Å². The van der Waals surface area contributed by atoms with Crippen LogP contribution in [0.4, 0.5) is 0 Å². The maximum atomic E-state index is 5.40. The molecule has 0 aromatic rings. The molecule has 0 rings (SSSR count). The molecule has 3 nitrogen and oxygen atoms in total. The molecule has 81 valence electrons. The van der Waals surface area contributed by atoms with Gasteiger partial charge >= 0.3 is 0 Å². The molecular weight excluding hydrogens is 169 g/mol. The Labute approximate surface area is 101 Å². The third kappa shape index (κ3) is 15.0. The summed E-state index contributed by atoms with van der Waals surface area (Å²) in [6.45, 7) is 3.92. The van der Waals surface area contributed by atoms with E-state index in [9.17, 15) is 0 Å². The molecule has 0 aliphatic heterocycles. The molecule has 0 bridgehead atoms. The molecule has 0 aliphatic carbocycles. The Kier molecular flexibility index (Phi) is 19.2. The topological polar surface area (TPSA) is 64.1 Å². The van der Waals surface area contributed by atoms with Crippen molar-refractivity contribution in [1.82, 2.24) is 5.32 Å². The first-order valence-electron chi connectivity index (χ1n) is 5.52. The zero-order valence-corrected chi connectivity index (χ0v) is 9.73. The molecule has 0 saturated carbocycles. The molecule has 5 N–H and O–H groups in total. The molecule has 0 aromatic carbocycles. The van der Waals surface area contributed by atoms with Gasteiger partial charge in [-0.25, -0.2) is 0 Å². The van der Waals surface area contributed by atoms with Crippen LogP contribution in [0.25, 0.3) is 0 Å². The van der Waals surface area contributed by atoms with Crippen molar-refractivity contribution in [2.75, 3.05) is 26.2 Å². The molecule has 0 spiro atoms. The fourth-order valence-corrected chi connectivity index (χ4v) is 1.27. The molecule has 14 heavy (non-hydrogen) atoms. The monoisotopic (exact) mass is 194 g/mol. The normalized spacial score (nSPS) is 9.86. The molecule has 0 aromatic heterocycles. The van der Waals surface area contributed by atoms with Crippen LogP contribution >= 0.6 is 0 Å². The van der Waals surface area contributed by atoms with Gasteiger partial charge in [0, 0.05) is 18.9 Å². The predicted octanol–water partition coefficient (Wildman–Crippen LogP) is 0.453. The van der Waals surface area contributed by atoms with E-state index in [2.05, 4.69) is 5.32 Å². The van der Waals surface area contributed by atoms with Crippen LogP contribution in [0.5, 0.6) is 0 Å². The fraction of sp³-hybridized carbons (Fsp3) is 1.00. The van der Waals surface area contributed by atoms with Gasteiger partial charge in [-0.15, -0.1) is 0 Å². The van der Waals surface area contributed by atoms with Crippen molar-refractivity contribution in [1.29, 1.82) is 0 Å². The van der Waals surface area contributed by atoms with Gasteiger partial charge in [-0.05, 0) is 51.9 Å². The van der Waals surface area contributed by atoms with Crippen molar-refractivity contribution in [2.24, 2.45) is 11.5 Å². The van der Waals surface area contributed by atoms with Crippen LogP contribution in [0.1, 0.15) is 38.5 Å². The fourth-order valence-electron chi connectivity index (χ4n) is 1.27. The molecule has 1 radical (unpaired) electrons. The van der Waals surface area contributed by atoms with Crippen molar-refractivity contribution in [2.45, 2.75) is 38.5 Å². The van der Waals surface area contributed by atoms with Gasteiger partial charge in [-0.3, -0.25) is 0 Å². The average molecular weight is 194 g/mol. The van der Waals surface area contributed by atoms with E-state index >= 15 is 0 Å². The SMILES string of the molecule is NCCCCCCNCCCCN.[Li]. The Morgan fingerprint density at radius 1 is 0.643 bits per heavy atom. The van der Waals surface area contributed by atoms with E-state index in [1.807, 2.05) is 0 Å². The Morgan fingerprint density at radius 3 is 1.64 bits per heavy atom. The van der Waals surface area contributed by atoms with Crippen LogP contribution in [0.2, 0.25) is 0 Å². The van der Waals surface area contributed by atoms with Gasteiger partial charge in [0.15, 0.2) is 0 Å². The molecule has 0 saturated heterocycles. The van der Waals surface area contributed by atoms with Gasteiger partial charge < -0.3 is 16.8 Å². The van der Waals surface area contributed by atoms with E-state index in [4.69, 9.17) is 11.5 Å². The van der Waals surface area contributed by atoms with Gasteiger partial charge in [0.2, 0.25) is 0 Å². The molecule has 0 atom stereocenters. The molecule has 0 fully saturated rings. The Hall–Kier alpha value is 0.477. The average Bonchev–Trinajstić information content (AvgIpc) is 2.16. The zero-order chi connectivity index (χ0) is 9.78. The van der Waals surface area contributed by atoms with Crippen LogP contribution < -0.4 is 16.8 Å². The van der Waals surface area contributed by atoms with E-state index < -0.39 is 0 Å². The number of nitrogens with two attached hydrogens (primary N) is 2. The Bertz CT molecular complexity index is 81.4. The van der Waals surface area contributed by atoms with E-state index in [1.165, 1.54) is 32.1 Å². The van der Waals surface area contributed by atoms with E-state index in [0.717, 1.165) is 32.6 Å². The second kappa shape index (κ2) is 15.9. The molecule has 4 heteroatoms. The summed E-state index contributed by atoms with van der Waals surface area (Å²) >= 11 is 0. The summed E-state index contributed by atoms with van der Waals surface area (Å²) in [4.78, 5) is 0. The largest absolute Gasteiger partial charge is 0.330 e. The van der Waals surface area contributed by atoms with Gasteiger partial charge in [-0.2, -0.15) is 0 Å².